The van der Waals surface area contributed by atoms with Gasteiger partial charge in [-0.15, -0.1) is 0 Å². The van der Waals surface area contributed by atoms with Crippen molar-refractivity contribution in [2.45, 2.75) is 84.5 Å². The molecule has 2 aromatic carbocycles. The molecule has 0 aliphatic carbocycles. The summed E-state index contributed by atoms with van der Waals surface area (Å²) in [5.74, 6) is -0.0987. The summed E-state index contributed by atoms with van der Waals surface area (Å²) in [7, 11) is 0. The van der Waals surface area contributed by atoms with E-state index in [4.69, 9.17) is 0 Å². The van der Waals surface area contributed by atoms with E-state index in [1.165, 1.54) is 50.5 Å². The summed E-state index contributed by atoms with van der Waals surface area (Å²) < 4.78 is 14.4. The Morgan fingerprint density at radius 1 is 0.615 bits per heavy atom. The molecular formula is C25H35F. The summed E-state index contributed by atoms with van der Waals surface area (Å²) in [5.41, 5.74) is 4.16. The lowest BCUT2D eigenvalue weighted by atomic mass is 9.98. The SMILES string of the molecule is CCCCCCCCCc1ccc(-c2ccc(CCCC)cc2F)cc1. The molecule has 0 nitrogen and oxygen atoms in total. The normalized spacial score (nSPS) is 11.0. The van der Waals surface area contributed by atoms with Crippen LogP contribution in [0.1, 0.15) is 82.8 Å². The van der Waals surface area contributed by atoms with Crippen LogP contribution >= 0.6 is 0 Å². The van der Waals surface area contributed by atoms with Crippen molar-refractivity contribution in [3.05, 3.63) is 59.4 Å². The number of hydrogen-bond acceptors (Lipinski definition) is 0. The monoisotopic (exact) mass is 354 g/mol. The molecule has 0 N–H and O–H groups in total. The van der Waals surface area contributed by atoms with Crippen LogP contribution in [-0.2, 0) is 12.8 Å². The summed E-state index contributed by atoms with van der Waals surface area (Å²) in [5, 5.41) is 0. The summed E-state index contributed by atoms with van der Waals surface area (Å²) >= 11 is 0. The zero-order chi connectivity index (χ0) is 18.6. The van der Waals surface area contributed by atoms with E-state index in [9.17, 15) is 4.39 Å². The topological polar surface area (TPSA) is 0 Å². The van der Waals surface area contributed by atoms with Crippen LogP contribution in [0.3, 0.4) is 0 Å². The highest BCUT2D eigenvalue weighted by molar-refractivity contribution is 5.64. The number of aryl methyl sites for hydroxylation is 2. The second kappa shape index (κ2) is 11.9. The van der Waals surface area contributed by atoms with E-state index in [1.54, 1.807) is 6.07 Å². The molecule has 0 spiro atoms. The maximum atomic E-state index is 14.4. The van der Waals surface area contributed by atoms with Crippen LogP contribution in [-0.4, -0.2) is 0 Å². The first-order chi connectivity index (χ1) is 12.7. The fourth-order valence-corrected chi connectivity index (χ4v) is 3.47. The van der Waals surface area contributed by atoms with Gasteiger partial charge in [-0.2, -0.15) is 0 Å². The van der Waals surface area contributed by atoms with Crippen LogP contribution in [0.25, 0.3) is 11.1 Å². The Hall–Kier alpha value is -1.63. The van der Waals surface area contributed by atoms with Crippen molar-refractivity contribution in [2.75, 3.05) is 0 Å². The lowest BCUT2D eigenvalue weighted by Gasteiger charge is -2.08. The molecule has 0 aliphatic heterocycles. The first-order valence-corrected chi connectivity index (χ1v) is 10.6. The predicted octanol–water partition coefficient (Wildman–Crippen LogP) is 8.13. The molecule has 0 aromatic heterocycles. The number of rotatable bonds is 12. The maximum Gasteiger partial charge on any atom is 0.131 e. The Labute approximate surface area is 159 Å². The van der Waals surface area contributed by atoms with Crippen molar-refractivity contribution in [2.24, 2.45) is 0 Å². The van der Waals surface area contributed by atoms with Crippen molar-refractivity contribution >= 4 is 0 Å². The van der Waals surface area contributed by atoms with Crippen LogP contribution < -0.4 is 0 Å². The second-order valence-electron chi connectivity index (χ2n) is 7.49. The van der Waals surface area contributed by atoms with Gasteiger partial charge in [0.15, 0.2) is 0 Å². The van der Waals surface area contributed by atoms with E-state index in [2.05, 4.69) is 44.2 Å². The molecule has 0 fully saturated rings. The van der Waals surface area contributed by atoms with Gasteiger partial charge in [-0.3, -0.25) is 0 Å². The minimum Gasteiger partial charge on any atom is -0.206 e. The first-order valence-electron chi connectivity index (χ1n) is 10.6. The molecule has 2 rings (SSSR count). The highest BCUT2D eigenvalue weighted by Crippen LogP contribution is 2.25. The lowest BCUT2D eigenvalue weighted by Crippen LogP contribution is -1.91. The van der Waals surface area contributed by atoms with Gasteiger partial charge in [0.2, 0.25) is 0 Å². The quantitative estimate of drug-likeness (QED) is 0.337. The fraction of sp³-hybridized carbons (Fsp3) is 0.520. The van der Waals surface area contributed by atoms with Crippen LogP contribution in [0.4, 0.5) is 4.39 Å². The van der Waals surface area contributed by atoms with E-state index in [0.717, 1.165) is 36.8 Å². The Morgan fingerprint density at radius 3 is 1.85 bits per heavy atom. The highest BCUT2D eigenvalue weighted by atomic mass is 19.1. The molecule has 0 heterocycles. The lowest BCUT2D eigenvalue weighted by molar-refractivity contribution is 0.589. The molecule has 0 aliphatic rings. The summed E-state index contributed by atoms with van der Waals surface area (Å²) in [6.07, 6.45) is 13.7. The highest BCUT2D eigenvalue weighted by Gasteiger charge is 2.06. The van der Waals surface area contributed by atoms with E-state index in [0.29, 0.717) is 5.56 Å². The molecule has 0 bridgehead atoms. The predicted molar refractivity (Wildman–Crippen MR) is 112 cm³/mol. The van der Waals surface area contributed by atoms with E-state index in [-0.39, 0.29) is 5.82 Å². The van der Waals surface area contributed by atoms with Gasteiger partial charge in [0, 0.05) is 5.56 Å². The third kappa shape index (κ3) is 6.94. The molecule has 0 saturated carbocycles. The van der Waals surface area contributed by atoms with Crippen molar-refractivity contribution in [3.8, 4) is 11.1 Å². The molecule has 2 aromatic rings. The number of unbranched alkanes of at least 4 members (excludes halogenated alkanes) is 7. The fourth-order valence-electron chi connectivity index (χ4n) is 3.47. The first kappa shape index (κ1) is 20.7. The van der Waals surface area contributed by atoms with Crippen molar-refractivity contribution in [1.29, 1.82) is 0 Å². The van der Waals surface area contributed by atoms with Gasteiger partial charge in [-0.05, 0) is 48.4 Å². The van der Waals surface area contributed by atoms with E-state index >= 15 is 0 Å². The molecule has 0 unspecified atom stereocenters. The minimum atomic E-state index is -0.0987. The number of halogens is 1. The smallest absolute Gasteiger partial charge is 0.131 e. The van der Waals surface area contributed by atoms with Gasteiger partial charge < -0.3 is 0 Å². The maximum absolute atomic E-state index is 14.4. The average molecular weight is 355 g/mol. The van der Waals surface area contributed by atoms with Gasteiger partial charge in [0.05, 0.1) is 0 Å². The van der Waals surface area contributed by atoms with Gasteiger partial charge >= 0.3 is 0 Å². The van der Waals surface area contributed by atoms with Crippen LogP contribution in [0.15, 0.2) is 42.5 Å². The Kier molecular flexibility index (Phi) is 9.45. The van der Waals surface area contributed by atoms with Crippen LogP contribution in [0, 0.1) is 5.82 Å². The Bertz CT molecular complexity index is 627. The van der Waals surface area contributed by atoms with Gasteiger partial charge in [0.25, 0.3) is 0 Å². The van der Waals surface area contributed by atoms with Crippen LogP contribution in [0.2, 0.25) is 0 Å². The third-order valence-electron chi connectivity index (χ3n) is 5.19. The van der Waals surface area contributed by atoms with Crippen molar-refractivity contribution in [1.82, 2.24) is 0 Å². The largest absolute Gasteiger partial charge is 0.206 e. The standard InChI is InChI=1S/C25H35F/c1-3-5-7-8-9-10-11-13-21-14-17-23(18-15-21)24-19-16-22(12-6-4-2)20-25(24)26/h14-20H,3-13H2,1-2H3. The summed E-state index contributed by atoms with van der Waals surface area (Å²) in [6.45, 7) is 4.43. The minimum absolute atomic E-state index is 0.0987. The molecule has 1 heteroatoms. The Morgan fingerprint density at radius 2 is 1.19 bits per heavy atom. The number of hydrogen-bond donors (Lipinski definition) is 0. The molecule has 0 atom stereocenters. The summed E-state index contributed by atoms with van der Waals surface area (Å²) in [6, 6.07) is 14.2. The summed E-state index contributed by atoms with van der Waals surface area (Å²) in [4.78, 5) is 0. The van der Waals surface area contributed by atoms with Crippen molar-refractivity contribution < 1.29 is 4.39 Å². The molecular weight excluding hydrogens is 319 g/mol. The third-order valence-corrected chi connectivity index (χ3v) is 5.19. The zero-order valence-electron chi connectivity index (χ0n) is 16.7. The average Bonchev–Trinajstić information content (AvgIpc) is 2.66. The van der Waals surface area contributed by atoms with Gasteiger partial charge in [-0.25, -0.2) is 4.39 Å². The molecule has 26 heavy (non-hydrogen) atoms. The molecule has 0 radical (unpaired) electrons. The Balaban J connectivity index is 1.83. The number of benzene rings is 2. The van der Waals surface area contributed by atoms with Crippen molar-refractivity contribution in [3.63, 3.8) is 0 Å². The van der Waals surface area contributed by atoms with Crippen LogP contribution in [0.5, 0.6) is 0 Å². The van der Waals surface area contributed by atoms with Gasteiger partial charge in [0.1, 0.15) is 5.82 Å². The molecule has 0 amide bonds. The molecule has 142 valence electrons. The van der Waals surface area contributed by atoms with Gasteiger partial charge in [-0.1, -0.05) is 95.2 Å². The zero-order valence-corrected chi connectivity index (χ0v) is 16.7. The molecule has 0 saturated heterocycles. The van der Waals surface area contributed by atoms with E-state index in [1.807, 2.05) is 6.07 Å². The second-order valence-corrected chi connectivity index (χ2v) is 7.49. The van der Waals surface area contributed by atoms with E-state index < -0.39 is 0 Å².